The lowest BCUT2D eigenvalue weighted by Crippen LogP contribution is -2.42. The Hall–Kier alpha value is -1.97. The first-order valence-electron chi connectivity index (χ1n) is 13.5. The zero-order valence-corrected chi connectivity index (χ0v) is 21.0. The highest BCUT2D eigenvalue weighted by Crippen LogP contribution is 2.34. The van der Waals surface area contributed by atoms with Gasteiger partial charge in [-0.3, -0.25) is 0 Å². The number of anilines is 2. The predicted molar refractivity (Wildman–Crippen MR) is 138 cm³/mol. The van der Waals surface area contributed by atoms with Gasteiger partial charge in [0.1, 0.15) is 0 Å². The van der Waals surface area contributed by atoms with Gasteiger partial charge in [0.2, 0.25) is 5.95 Å². The maximum absolute atomic E-state index is 6.14. The van der Waals surface area contributed by atoms with Gasteiger partial charge in [0.25, 0.3) is 0 Å². The van der Waals surface area contributed by atoms with E-state index < -0.39 is 0 Å². The van der Waals surface area contributed by atoms with Gasteiger partial charge in [0, 0.05) is 50.3 Å². The van der Waals surface area contributed by atoms with Crippen LogP contribution in [0.15, 0.2) is 6.33 Å². The van der Waals surface area contributed by atoms with Crippen LogP contribution >= 0.6 is 0 Å². The summed E-state index contributed by atoms with van der Waals surface area (Å²) in [4.78, 5) is 19.6. The van der Waals surface area contributed by atoms with Crippen molar-refractivity contribution in [2.24, 2.45) is 5.73 Å². The van der Waals surface area contributed by atoms with Crippen LogP contribution in [0.3, 0.4) is 0 Å². The number of nitrogens with zero attached hydrogens (tertiary/aromatic N) is 6. The summed E-state index contributed by atoms with van der Waals surface area (Å²) in [5, 5.41) is 7.42. The van der Waals surface area contributed by atoms with Crippen LogP contribution in [0.2, 0.25) is 0 Å². The van der Waals surface area contributed by atoms with E-state index in [9.17, 15) is 0 Å². The van der Waals surface area contributed by atoms with E-state index in [0.717, 1.165) is 87.6 Å². The first kappa shape index (κ1) is 23.8. The summed E-state index contributed by atoms with van der Waals surface area (Å²) in [6, 6.07) is 1.66. The molecule has 0 spiro atoms. The van der Waals surface area contributed by atoms with Crippen molar-refractivity contribution in [1.29, 1.82) is 0 Å². The summed E-state index contributed by atoms with van der Waals surface area (Å²) < 4.78 is 2.31. The Morgan fingerprint density at radius 1 is 0.941 bits per heavy atom. The van der Waals surface area contributed by atoms with E-state index in [1.165, 1.54) is 25.7 Å². The first-order chi connectivity index (χ1) is 16.5. The number of nitrogens with one attached hydrogen (secondary N) is 2. The lowest BCUT2D eigenvalue weighted by molar-refractivity contribution is 0.199. The zero-order valence-electron chi connectivity index (χ0n) is 21.0. The standard InChI is InChI=1S/C25H43N9/c1-32(2)15-16-33-13-11-20(12-14-33)29-25-30-23(28-19-9-7-18(26)8-10-19)22-24(31-25)34(17-27-22)21-5-3-4-6-21/h17-21H,3-16,26H2,1-2H3,(H2,28,29,30,31). The van der Waals surface area contributed by atoms with Gasteiger partial charge in [-0.2, -0.15) is 9.97 Å². The van der Waals surface area contributed by atoms with E-state index in [1.807, 2.05) is 6.33 Å². The Morgan fingerprint density at radius 3 is 2.35 bits per heavy atom. The van der Waals surface area contributed by atoms with Crippen LogP contribution in [0.4, 0.5) is 11.8 Å². The van der Waals surface area contributed by atoms with Crippen molar-refractivity contribution in [3.05, 3.63) is 6.33 Å². The van der Waals surface area contributed by atoms with E-state index in [1.54, 1.807) is 0 Å². The number of hydrogen-bond acceptors (Lipinski definition) is 8. The van der Waals surface area contributed by atoms with Gasteiger partial charge in [-0.05, 0) is 65.5 Å². The highest BCUT2D eigenvalue weighted by molar-refractivity contribution is 5.84. The van der Waals surface area contributed by atoms with Gasteiger partial charge in [-0.15, -0.1) is 0 Å². The van der Waals surface area contributed by atoms with Crippen LogP contribution in [-0.2, 0) is 0 Å². The van der Waals surface area contributed by atoms with E-state index in [-0.39, 0.29) is 0 Å². The molecule has 0 aromatic carbocycles. The second kappa shape index (κ2) is 10.7. The van der Waals surface area contributed by atoms with Crippen molar-refractivity contribution in [3.8, 4) is 0 Å². The molecule has 34 heavy (non-hydrogen) atoms. The molecule has 2 aromatic heterocycles. The molecule has 3 fully saturated rings. The third-order valence-corrected chi connectivity index (χ3v) is 8.04. The molecular formula is C25H43N9. The third-order valence-electron chi connectivity index (χ3n) is 8.04. The minimum atomic E-state index is 0.339. The molecule has 2 aromatic rings. The molecule has 9 nitrogen and oxygen atoms in total. The topological polar surface area (TPSA) is 100 Å². The summed E-state index contributed by atoms with van der Waals surface area (Å²) in [5.41, 5.74) is 8.02. The largest absolute Gasteiger partial charge is 0.365 e. The van der Waals surface area contributed by atoms with Crippen LogP contribution in [0.25, 0.3) is 11.2 Å². The molecule has 1 aliphatic heterocycles. The molecular weight excluding hydrogens is 426 g/mol. The lowest BCUT2D eigenvalue weighted by Gasteiger charge is -2.33. The fourth-order valence-corrected chi connectivity index (χ4v) is 5.81. The molecule has 9 heteroatoms. The summed E-state index contributed by atoms with van der Waals surface area (Å²) in [7, 11) is 4.29. The van der Waals surface area contributed by atoms with Crippen LogP contribution in [-0.4, -0.2) is 87.7 Å². The quantitative estimate of drug-likeness (QED) is 0.542. The summed E-state index contributed by atoms with van der Waals surface area (Å²) >= 11 is 0. The Labute approximate surface area is 203 Å². The zero-order chi connectivity index (χ0) is 23.5. The minimum Gasteiger partial charge on any atom is -0.365 e. The van der Waals surface area contributed by atoms with Crippen LogP contribution in [0.1, 0.15) is 70.3 Å². The summed E-state index contributed by atoms with van der Waals surface area (Å²) in [6.45, 7) is 4.51. The molecule has 1 saturated heterocycles. The number of aromatic nitrogens is 4. The molecule has 2 aliphatic carbocycles. The van der Waals surface area contributed by atoms with E-state index >= 15 is 0 Å². The Balaban J connectivity index is 1.33. The summed E-state index contributed by atoms with van der Waals surface area (Å²) in [5.74, 6) is 1.63. The Kier molecular flexibility index (Phi) is 7.51. The number of likely N-dealkylation sites (N-methyl/N-ethyl adjacent to an activating group) is 1. The number of rotatable bonds is 8. The smallest absolute Gasteiger partial charge is 0.227 e. The van der Waals surface area contributed by atoms with E-state index in [4.69, 9.17) is 20.7 Å². The molecule has 4 N–H and O–H groups in total. The molecule has 0 radical (unpaired) electrons. The van der Waals surface area contributed by atoms with Crippen LogP contribution < -0.4 is 16.4 Å². The number of nitrogens with two attached hydrogens (primary N) is 1. The van der Waals surface area contributed by atoms with Crippen molar-refractivity contribution in [2.45, 2.75) is 88.4 Å². The van der Waals surface area contributed by atoms with Crippen LogP contribution in [0.5, 0.6) is 0 Å². The highest BCUT2D eigenvalue weighted by atomic mass is 15.2. The number of piperidine rings is 1. The van der Waals surface area contributed by atoms with Crippen molar-refractivity contribution in [3.63, 3.8) is 0 Å². The van der Waals surface area contributed by atoms with E-state index in [0.29, 0.717) is 24.2 Å². The van der Waals surface area contributed by atoms with E-state index in [2.05, 4.69) is 39.1 Å². The van der Waals surface area contributed by atoms with Gasteiger partial charge < -0.3 is 30.7 Å². The van der Waals surface area contributed by atoms with Gasteiger partial charge in [-0.25, -0.2) is 4.98 Å². The normalized spacial score (nSPS) is 25.4. The predicted octanol–water partition coefficient (Wildman–Crippen LogP) is 3.06. The van der Waals surface area contributed by atoms with Crippen molar-refractivity contribution in [1.82, 2.24) is 29.3 Å². The molecule has 0 bridgehead atoms. The SMILES string of the molecule is CN(C)CCN1CCC(Nc2nc(NC3CCC(N)CC3)c3ncn(C4CCCC4)c3n2)CC1. The number of fused-ring (bicyclic) bond motifs is 1. The molecule has 0 unspecified atom stereocenters. The highest BCUT2D eigenvalue weighted by Gasteiger charge is 2.26. The molecule has 188 valence electrons. The molecule has 3 heterocycles. The van der Waals surface area contributed by atoms with Gasteiger partial charge in [0.15, 0.2) is 17.0 Å². The van der Waals surface area contributed by atoms with Gasteiger partial charge >= 0.3 is 0 Å². The second-order valence-corrected chi connectivity index (χ2v) is 11.0. The monoisotopic (exact) mass is 469 g/mol. The molecule has 3 aliphatic rings. The molecule has 0 amide bonds. The number of likely N-dealkylation sites (tertiary alicyclic amines) is 1. The van der Waals surface area contributed by atoms with Crippen molar-refractivity contribution < 1.29 is 0 Å². The maximum atomic E-state index is 6.14. The Bertz CT molecular complexity index is 920. The second-order valence-electron chi connectivity index (χ2n) is 11.0. The minimum absolute atomic E-state index is 0.339. The van der Waals surface area contributed by atoms with Gasteiger partial charge in [-0.1, -0.05) is 12.8 Å². The maximum Gasteiger partial charge on any atom is 0.227 e. The fraction of sp³-hybridized carbons (Fsp3) is 0.800. The molecule has 2 saturated carbocycles. The molecule has 5 rings (SSSR count). The fourth-order valence-electron chi connectivity index (χ4n) is 5.81. The third kappa shape index (κ3) is 5.63. The summed E-state index contributed by atoms with van der Waals surface area (Å²) in [6.07, 6.45) is 13.6. The first-order valence-corrected chi connectivity index (χ1v) is 13.5. The van der Waals surface area contributed by atoms with Crippen molar-refractivity contribution in [2.75, 3.05) is 50.9 Å². The van der Waals surface area contributed by atoms with Gasteiger partial charge in [0.05, 0.1) is 6.33 Å². The number of imidazole rings is 1. The lowest BCUT2D eigenvalue weighted by atomic mass is 9.92. The van der Waals surface area contributed by atoms with Crippen molar-refractivity contribution >= 4 is 22.9 Å². The average molecular weight is 470 g/mol. The van der Waals surface area contributed by atoms with Crippen LogP contribution in [0, 0.1) is 0 Å². The molecule has 0 atom stereocenters. The number of hydrogen-bond donors (Lipinski definition) is 3. The average Bonchev–Trinajstić information content (AvgIpc) is 3.50. The Morgan fingerprint density at radius 2 is 1.65 bits per heavy atom.